The van der Waals surface area contributed by atoms with Crippen molar-refractivity contribution in [1.29, 1.82) is 0 Å². The Balaban J connectivity index is 1.69. The van der Waals surface area contributed by atoms with E-state index < -0.39 is 0 Å². The topological polar surface area (TPSA) is 47.6 Å². The Morgan fingerprint density at radius 2 is 1.42 bits per heavy atom. The molecule has 0 aliphatic heterocycles. The summed E-state index contributed by atoms with van der Waals surface area (Å²) in [4.78, 5) is 12.5. The SMILES string of the molecule is COc1cccc(OCC(=O)NC(c2ccccc2)c2ccccc2)c1. The number of rotatable bonds is 7. The number of amides is 1. The summed E-state index contributed by atoms with van der Waals surface area (Å²) in [5.41, 5.74) is 2.04. The maximum Gasteiger partial charge on any atom is 0.258 e. The molecule has 3 rings (SSSR count). The van der Waals surface area contributed by atoms with E-state index in [1.54, 1.807) is 19.2 Å². The van der Waals surface area contributed by atoms with Crippen LogP contribution in [0.3, 0.4) is 0 Å². The van der Waals surface area contributed by atoms with Gasteiger partial charge >= 0.3 is 0 Å². The second-order valence-electron chi connectivity index (χ2n) is 5.79. The van der Waals surface area contributed by atoms with Crippen LogP contribution in [0.15, 0.2) is 84.9 Å². The monoisotopic (exact) mass is 347 g/mol. The lowest BCUT2D eigenvalue weighted by Gasteiger charge is -2.20. The number of hydrogen-bond donors (Lipinski definition) is 1. The Morgan fingerprint density at radius 1 is 0.846 bits per heavy atom. The highest BCUT2D eigenvalue weighted by Crippen LogP contribution is 2.22. The van der Waals surface area contributed by atoms with Crippen LogP contribution in [-0.2, 0) is 4.79 Å². The molecule has 1 N–H and O–H groups in total. The van der Waals surface area contributed by atoms with Crippen LogP contribution in [0.5, 0.6) is 11.5 Å². The van der Waals surface area contributed by atoms with Gasteiger partial charge in [0.2, 0.25) is 0 Å². The van der Waals surface area contributed by atoms with E-state index in [0.717, 1.165) is 11.1 Å². The van der Waals surface area contributed by atoms with Gasteiger partial charge in [-0.25, -0.2) is 0 Å². The predicted molar refractivity (Wildman–Crippen MR) is 101 cm³/mol. The second-order valence-corrected chi connectivity index (χ2v) is 5.79. The molecular weight excluding hydrogens is 326 g/mol. The summed E-state index contributed by atoms with van der Waals surface area (Å²) < 4.78 is 10.8. The average molecular weight is 347 g/mol. The van der Waals surface area contributed by atoms with Crippen LogP contribution in [-0.4, -0.2) is 19.6 Å². The molecule has 0 bridgehead atoms. The molecule has 0 unspecified atom stereocenters. The highest BCUT2D eigenvalue weighted by Gasteiger charge is 2.16. The Labute approximate surface area is 153 Å². The van der Waals surface area contributed by atoms with E-state index >= 15 is 0 Å². The molecule has 0 aliphatic carbocycles. The molecule has 3 aromatic carbocycles. The Hall–Kier alpha value is -3.27. The molecule has 0 heterocycles. The van der Waals surface area contributed by atoms with Crippen LogP contribution in [0, 0.1) is 0 Å². The second kappa shape index (κ2) is 8.72. The molecule has 4 nitrogen and oxygen atoms in total. The van der Waals surface area contributed by atoms with Gasteiger partial charge in [-0.05, 0) is 23.3 Å². The number of carbonyl (C=O) groups excluding carboxylic acids is 1. The van der Waals surface area contributed by atoms with Crippen LogP contribution in [0.4, 0.5) is 0 Å². The third-order valence-corrected chi connectivity index (χ3v) is 3.98. The molecule has 0 radical (unpaired) electrons. The van der Waals surface area contributed by atoms with Crippen molar-refractivity contribution in [2.24, 2.45) is 0 Å². The summed E-state index contributed by atoms with van der Waals surface area (Å²) in [7, 11) is 1.59. The van der Waals surface area contributed by atoms with Crippen molar-refractivity contribution >= 4 is 5.91 Å². The van der Waals surface area contributed by atoms with Crippen molar-refractivity contribution in [1.82, 2.24) is 5.32 Å². The molecule has 0 aromatic heterocycles. The first kappa shape index (κ1) is 17.5. The van der Waals surface area contributed by atoms with Gasteiger partial charge in [0.15, 0.2) is 6.61 Å². The number of methoxy groups -OCH3 is 1. The lowest BCUT2D eigenvalue weighted by molar-refractivity contribution is -0.123. The van der Waals surface area contributed by atoms with Crippen molar-refractivity contribution in [3.63, 3.8) is 0 Å². The minimum atomic E-state index is -0.223. The molecule has 1 amide bonds. The molecule has 0 atom stereocenters. The lowest BCUT2D eigenvalue weighted by Crippen LogP contribution is -2.33. The normalized spacial score (nSPS) is 10.4. The Kier molecular flexibility index (Phi) is 5.88. The number of benzene rings is 3. The van der Waals surface area contributed by atoms with E-state index in [9.17, 15) is 4.79 Å². The largest absolute Gasteiger partial charge is 0.497 e. The van der Waals surface area contributed by atoms with Gasteiger partial charge in [-0.3, -0.25) is 4.79 Å². The van der Waals surface area contributed by atoms with Crippen LogP contribution in [0.25, 0.3) is 0 Å². The van der Waals surface area contributed by atoms with E-state index in [4.69, 9.17) is 9.47 Å². The number of carbonyl (C=O) groups is 1. The van der Waals surface area contributed by atoms with Crippen LogP contribution >= 0.6 is 0 Å². The van der Waals surface area contributed by atoms with Crippen LogP contribution in [0.1, 0.15) is 17.2 Å². The zero-order valence-electron chi connectivity index (χ0n) is 14.6. The Bertz CT molecular complexity index is 795. The predicted octanol–water partition coefficient (Wildman–Crippen LogP) is 3.98. The first-order valence-electron chi connectivity index (χ1n) is 8.42. The van der Waals surface area contributed by atoms with E-state index in [2.05, 4.69) is 5.32 Å². The molecule has 0 spiro atoms. The third-order valence-electron chi connectivity index (χ3n) is 3.98. The maximum atomic E-state index is 12.5. The van der Waals surface area contributed by atoms with E-state index in [0.29, 0.717) is 11.5 Å². The molecule has 3 aromatic rings. The van der Waals surface area contributed by atoms with Crippen LogP contribution < -0.4 is 14.8 Å². The summed E-state index contributed by atoms with van der Waals surface area (Å²) in [6.07, 6.45) is 0. The molecule has 0 saturated carbocycles. The fourth-order valence-corrected chi connectivity index (χ4v) is 2.69. The van der Waals surface area contributed by atoms with Gasteiger partial charge in [0, 0.05) is 6.07 Å². The van der Waals surface area contributed by atoms with Gasteiger partial charge in [0.25, 0.3) is 5.91 Å². The molecule has 26 heavy (non-hydrogen) atoms. The summed E-state index contributed by atoms with van der Waals surface area (Å²) >= 11 is 0. The summed E-state index contributed by atoms with van der Waals surface area (Å²) in [6, 6.07) is 26.7. The van der Waals surface area contributed by atoms with Crippen molar-refractivity contribution in [3.8, 4) is 11.5 Å². The third kappa shape index (κ3) is 4.63. The number of nitrogens with one attached hydrogen (secondary N) is 1. The highest BCUT2D eigenvalue weighted by molar-refractivity contribution is 5.78. The molecule has 4 heteroatoms. The fourth-order valence-electron chi connectivity index (χ4n) is 2.69. The molecular formula is C22H21NO3. The van der Waals surface area contributed by atoms with Gasteiger partial charge in [-0.2, -0.15) is 0 Å². The summed E-state index contributed by atoms with van der Waals surface area (Å²) in [5.74, 6) is 1.09. The van der Waals surface area contributed by atoms with Crippen molar-refractivity contribution in [2.75, 3.05) is 13.7 Å². The standard InChI is InChI=1S/C22H21NO3/c1-25-19-13-8-14-20(15-19)26-16-21(24)23-22(17-9-4-2-5-10-17)18-11-6-3-7-12-18/h2-15,22H,16H2,1H3,(H,23,24). The first-order chi connectivity index (χ1) is 12.8. The van der Waals surface area contributed by atoms with Gasteiger partial charge in [-0.15, -0.1) is 0 Å². The van der Waals surface area contributed by atoms with Gasteiger partial charge in [0.1, 0.15) is 11.5 Å². The highest BCUT2D eigenvalue weighted by atomic mass is 16.5. The minimum absolute atomic E-state index is 0.0661. The van der Waals surface area contributed by atoms with E-state index in [1.165, 1.54) is 0 Å². The summed E-state index contributed by atoms with van der Waals surface area (Å²) in [5, 5.41) is 3.05. The van der Waals surface area contributed by atoms with Crippen molar-refractivity contribution < 1.29 is 14.3 Å². The average Bonchev–Trinajstić information content (AvgIpc) is 2.72. The minimum Gasteiger partial charge on any atom is -0.497 e. The number of hydrogen-bond acceptors (Lipinski definition) is 3. The maximum absolute atomic E-state index is 12.5. The van der Waals surface area contributed by atoms with Gasteiger partial charge in [-0.1, -0.05) is 66.7 Å². The molecule has 132 valence electrons. The molecule has 0 aliphatic rings. The molecule has 0 saturated heterocycles. The van der Waals surface area contributed by atoms with E-state index in [1.807, 2.05) is 72.8 Å². The lowest BCUT2D eigenvalue weighted by atomic mass is 9.99. The van der Waals surface area contributed by atoms with E-state index in [-0.39, 0.29) is 18.6 Å². The number of ether oxygens (including phenoxy) is 2. The quantitative estimate of drug-likeness (QED) is 0.703. The zero-order chi connectivity index (χ0) is 18.2. The van der Waals surface area contributed by atoms with Crippen molar-refractivity contribution in [3.05, 3.63) is 96.1 Å². The first-order valence-corrected chi connectivity index (χ1v) is 8.42. The van der Waals surface area contributed by atoms with Crippen molar-refractivity contribution in [2.45, 2.75) is 6.04 Å². The Morgan fingerprint density at radius 3 is 2.00 bits per heavy atom. The fraction of sp³-hybridized carbons (Fsp3) is 0.136. The summed E-state index contributed by atoms with van der Waals surface area (Å²) in [6.45, 7) is -0.0661. The van der Waals surface area contributed by atoms with Gasteiger partial charge in [0.05, 0.1) is 13.2 Å². The molecule has 0 fully saturated rings. The van der Waals surface area contributed by atoms with Gasteiger partial charge < -0.3 is 14.8 Å². The smallest absolute Gasteiger partial charge is 0.258 e. The zero-order valence-corrected chi connectivity index (χ0v) is 14.6. The van der Waals surface area contributed by atoms with Crippen LogP contribution in [0.2, 0.25) is 0 Å².